The lowest BCUT2D eigenvalue weighted by Gasteiger charge is -2.22. The van der Waals surface area contributed by atoms with E-state index < -0.39 is 46.0 Å². The minimum Gasteiger partial charge on any atom is -0.375 e. The van der Waals surface area contributed by atoms with Crippen molar-refractivity contribution in [3.8, 4) is 0 Å². The van der Waals surface area contributed by atoms with Crippen LogP contribution in [0.15, 0.2) is 30.5 Å². The van der Waals surface area contributed by atoms with Crippen molar-refractivity contribution in [2.45, 2.75) is 6.92 Å². The average Bonchev–Trinajstić information content (AvgIpc) is 2.98. The standard InChI is InChI=1S/C15H14F2N6O4S/c1-9-6-7-22-15(18-9)19-14(20-22)21-28(25,26)23(12(24)8-27-2)13-10(16)4-3-5-11(13)17/h3-7H,8H2,1-2H3,(H,20,21). The van der Waals surface area contributed by atoms with Crippen molar-refractivity contribution in [3.05, 3.63) is 47.8 Å². The van der Waals surface area contributed by atoms with Gasteiger partial charge in [-0.25, -0.2) is 23.0 Å². The predicted molar refractivity (Wildman–Crippen MR) is 93.8 cm³/mol. The number of rotatable bonds is 6. The van der Waals surface area contributed by atoms with Gasteiger partial charge in [0.2, 0.25) is 0 Å². The van der Waals surface area contributed by atoms with Crippen molar-refractivity contribution in [2.75, 3.05) is 22.7 Å². The molecule has 2 heterocycles. The summed E-state index contributed by atoms with van der Waals surface area (Å²) in [6.45, 7) is 0.957. The lowest BCUT2D eigenvalue weighted by atomic mass is 10.3. The molecule has 0 aliphatic carbocycles. The number of halogens is 2. The van der Waals surface area contributed by atoms with Crippen LogP contribution in [0.4, 0.5) is 20.4 Å². The molecule has 3 rings (SSSR count). The first-order valence-corrected chi connectivity index (χ1v) is 9.16. The van der Waals surface area contributed by atoms with E-state index in [0.717, 1.165) is 25.3 Å². The molecular formula is C15H14F2N6O4S. The van der Waals surface area contributed by atoms with Gasteiger partial charge in [0, 0.05) is 19.0 Å². The Bertz CT molecular complexity index is 1130. The Morgan fingerprint density at radius 3 is 2.57 bits per heavy atom. The van der Waals surface area contributed by atoms with E-state index in [1.165, 1.54) is 10.7 Å². The van der Waals surface area contributed by atoms with E-state index in [9.17, 15) is 22.0 Å². The summed E-state index contributed by atoms with van der Waals surface area (Å²) in [4.78, 5) is 20.2. The fourth-order valence-electron chi connectivity index (χ4n) is 2.31. The number of hydrogen-bond donors (Lipinski definition) is 1. The number of methoxy groups -OCH3 is 1. The first kappa shape index (κ1) is 19.6. The van der Waals surface area contributed by atoms with Crippen molar-refractivity contribution in [1.29, 1.82) is 0 Å². The summed E-state index contributed by atoms with van der Waals surface area (Å²) in [5.41, 5.74) is -0.464. The number of aromatic nitrogens is 4. The SMILES string of the molecule is COCC(=O)N(c1c(F)cccc1F)S(=O)(=O)Nc1nc2nc(C)ccn2n1. The van der Waals surface area contributed by atoms with Gasteiger partial charge in [-0.1, -0.05) is 6.07 Å². The Morgan fingerprint density at radius 1 is 1.25 bits per heavy atom. The molecule has 148 valence electrons. The number of amides is 1. The van der Waals surface area contributed by atoms with E-state index in [-0.39, 0.29) is 10.1 Å². The molecule has 1 amide bonds. The maximum absolute atomic E-state index is 14.2. The molecule has 0 fully saturated rings. The monoisotopic (exact) mass is 412 g/mol. The van der Waals surface area contributed by atoms with Crippen LogP contribution in [0.2, 0.25) is 0 Å². The number of para-hydroxylation sites is 1. The number of aryl methyl sites for hydroxylation is 1. The molecule has 1 aromatic carbocycles. The van der Waals surface area contributed by atoms with Crippen molar-refractivity contribution in [1.82, 2.24) is 19.6 Å². The molecule has 0 unspecified atom stereocenters. The number of benzene rings is 1. The number of fused-ring (bicyclic) bond motifs is 1. The zero-order valence-electron chi connectivity index (χ0n) is 14.6. The van der Waals surface area contributed by atoms with E-state index in [0.29, 0.717) is 5.69 Å². The summed E-state index contributed by atoms with van der Waals surface area (Å²) in [6.07, 6.45) is 1.49. The van der Waals surface area contributed by atoms with Gasteiger partial charge in [0.15, 0.2) is 11.6 Å². The highest BCUT2D eigenvalue weighted by molar-refractivity contribution is 7.94. The van der Waals surface area contributed by atoms with Crippen LogP contribution in [0.5, 0.6) is 0 Å². The molecule has 0 atom stereocenters. The molecule has 0 spiro atoms. The average molecular weight is 412 g/mol. The number of nitrogens with one attached hydrogen (secondary N) is 1. The van der Waals surface area contributed by atoms with E-state index in [2.05, 4.69) is 19.8 Å². The molecule has 0 bridgehead atoms. The Balaban J connectivity index is 2.05. The third kappa shape index (κ3) is 3.75. The Kier molecular flexibility index (Phi) is 5.20. The van der Waals surface area contributed by atoms with Gasteiger partial charge in [-0.15, -0.1) is 5.10 Å². The van der Waals surface area contributed by atoms with E-state index in [1.54, 1.807) is 13.0 Å². The van der Waals surface area contributed by atoms with Crippen LogP contribution in [0.1, 0.15) is 5.69 Å². The summed E-state index contributed by atoms with van der Waals surface area (Å²) in [6, 6.07) is 4.28. The summed E-state index contributed by atoms with van der Waals surface area (Å²) >= 11 is 0. The van der Waals surface area contributed by atoms with Crippen LogP contribution in [0, 0.1) is 18.6 Å². The number of nitrogens with zero attached hydrogens (tertiary/aromatic N) is 5. The largest absolute Gasteiger partial charge is 0.375 e. The molecule has 3 aromatic rings. The Hall–Kier alpha value is -3.19. The molecule has 13 heteroatoms. The summed E-state index contributed by atoms with van der Waals surface area (Å²) in [5.74, 6) is -4.09. The third-order valence-electron chi connectivity index (χ3n) is 3.44. The van der Waals surface area contributed by atoms with Crippen molar-refractivity contribution in [3.63, 3.8) is 0 Å². The van der Waals surface area contributed by atoms with Gasteiger partial charge < -0.3 is 4.74 Å². The Morgan fingerprint density at radius 2 is 1.93 bits per heavy atom. The quantitative estimate of drug-likeness (QED) is 0.643. The summed E-state index contributed by atoms with van der Waals surface area (Å²) in [7, 11) is -3.71. The zero-order valence-corrected chi connectivity index (χ0v) is 15.4. The highest BCUT2D eigenvalue weighted by Gasteiger charge is 2.34. The summed E-state index contributed by atoms with van der Waals surface area (Å²) in [5, 5.41) is 3.86. The molecule has 0 aliphatic rings. The third-order valence-corrected chi connectivity index (χ3v) is 4.75. The minimum atomic E-state index is -4.84. The van der Waals surface area contributed by atoms with E-state index >= 15 is 0 Å². The second-order valence-electron chi connectivity index (χ2n) is 5.52. The normalized spacial score (nSPS) is 11.6. The zero-order chi connectivity index (χ0) is 20.5. The highest BCUT2D eigenvalue weighted by Crippen LogP contribution is 2.26. The number of carbonyl (C=O) groups excluding carboxylic acids is 1. The minimum absolute atomic E-state index is 0.0639. The molecule has 0 radical (unpaired) electrons. The lowest BCUT2D eigenvalue weighted by Crippen LogP contribution is -2.43. The van der Waals surface area contributed by atoms with Gasteiger partial charge in [0.05, 0.1) is 0 Å². The molecule has 0 saturated heterocycles. The summed E-state index contributed by atoms with van der Waals surface area (Å²) < 4.78 is 61.5. The van der Waals surface area contributed by atoms with Gasteiger partial charge in [-0.05, 0) is 25.1 Å². The maximum atomic E-state index is 14.2. The lowest BCUT2D eigenvalue weighted by molar-refractivity contribution is -0.121. The number of ether oxygens (including phenoxy) is 1. The van der Waals surface area contributed by atoms with Gasteiger partial charge in [0.1, 0.15) is 12.3 Å². The molecule has 10 nitrogen and oxygen atoms in total. The molecule has 0 aliphatic heterocycles. The van der Waals surface area contributed by atoms with Crippen LogP contribution in [-0.4, -0.2) is 47.6 Å². The van der Waals surface area contributed by atoms with E-state index in [4.69, 9.17) is 0 Å². The second-order valence-corrected chi connectivity index (χ2v) is 7.04. The topological polar surface area (TPSA) is 119 Å². The number of hydrogen-bond acceptors (Lipinski definition) is 7. The first-order chi connectivity index (χ1) is 13.2. The van der Waals surface area contributed by atoms with Gasteiger partial charge in [0.25, 0.3) is 17.6 Å². The van der Waals surface area contributed by atoms with E-state index in [1.807, 2.05) is 4.72 Å². The molecule has 1 N–H and O–H groups in total. The van der Waals surface area contributed by atoms with Crippen molar-refractivity contribution < 1.29 is 26.7 Å². The van der Waals surface area contributed by atoms with Crippen molar-refractivity contribution >= 4 is 33.5 Å². The fourth-order valence-corrected chi connectivity index (χ4v) is 3.46. The van der Waals surface area contributed by atoms with Gasteiger partial charge in [-0.2, -0.15) is 17.7 Å². The van der Waals surface area contributed by atoms with Crippen LogP contribution in [0.3, 0.4) is 0 Å². The van der Waals surface area contributed by atoms with Crippen LogP contribution in [0.25, 0.3) is 5.78 Å². The van der Waals surface area contributed by atoms with Crippen LogP contribution < -0.4 is 9.03 Å². The number of anilines is 2. The molecule has 2 aromatic heterocycles. The molecule has 28 heavy (non-hydrogen) atoms. The van der Waals surface area contributed by atoms with Crippen LogP contribution >= 0.6 is 0 Å². The predicted octanol–water partition coefficient (Wildman–Crippen LogP) is 1.05. The molecule has 0 saturated carbocycles. The Labute approximate surface area is 158 Å². The highest BCUT2D eigenvalue weighted by atomic mass is 32.2. The van der Waals surface area contributed by atoms with Crippen molar-refractivity contribution in [2.24, 2.45) is 0 Å². The smallest absolute Gasteiger partial charge is 0.333 e. The second kappa shape index (κ2) is 7.44. The van der Waals surface area contributed by atoms with Gasteiger partial charge in [-0.3, -0.25) is 4.79 Å². The fraction of sp³-hybridized carbons (Fsp3) is 0.200. The maximum Gasteiger partial charge on any atom is 0.333 e. The molecular weight excluding hydrogens is 398 g/mol. The van der Waals surface area contributed by atoms with Gasteiger partial charge >= 0.3 is 10.2 Å². The van der Waals surface area contributed by atoms with Crippen LogP contribution in [-0.2, 0) is 19.7 Å². The first-order valence-electron chi connectivity index (χ1n) is 7.72. The number of carbonyl (C=O) groups is 1.